The van der Waals surface area contributed by atoms with E-state index in [-0.39, 0.29) is 0 Å². The van der Waals surface area contributed by atoms with Crippen molar-refractivity contribution in [2.45, 2.75) is 38.5 Å². The van der Waals surface area contributed by atoms with E-state index in [1.54, 1.807) is 4.31 Å². The predicted molar refractivity (Wildman–Crippen MR) is 106 cm³/mol. The van der Waals surface area contributed by atoms with Crippen molar-refractivity contribution >= 4 is 10.0 Å². The van der Waals surface area contributed by atoms with Gasteiger partial charge in [-0.2, -0.15) is 4.31 Å². The molecule has 0 N–H and O–H groups in total. The van der Waals surface area contributed by atoms with E-state index in [9.17, 15) is 8.42 Å². The molecule has 1 saturated heterocycles. The van der Waals surface area contributed by atoms with E-state index in [4.69, 9.17) is 4.74 Å². The first-order chi connectivity index (χ1) is 13.3. The lowest BCUT2D eigenvalue weighted by Gasteiger charge is -2.42. The van der Waals surface area contributed by atoms with Crippen LogP contribution in [-0.2, 0) is 23.1 Å². The highest BCUT2D eigenvalue weighted by molar-refractivity contribution is 7.88. The zero-order valence-corrected chi connectivity index (χ0v) is 17.2. The summed E-state index contributed by atoms with van der Waals surface area (Å²) in [6, 6.07) is 7.75. The number of likely N-dealkylation sites (tertiary alicyclic amines) is 1. The number of sulfonamides is 1. The molecule has 150 valence electrons. The van der Waals surface area contributed by atoms with Crippen molar-refractivity contribution < 1.29 is 13.2 Å². The van der Waals surface area contributed by atoms with Crippen molar-refractivity contribution in [2.75, 3.05) is 25.9 Å². The zero-order valence-electron chi connectivity index (χ0n) is 16.3. The summed E-state index contributed by atoms with van der Waals surface area (Å²) in [7, 11) is -3.31. The Balaban J connectivity index is 1.52. The SMILES string of the molecule is Cc1ncc(CN2CCC3(CC2)CN(S(C)(=O)=O)Cc2ccccc2O3)cn1. The van der Waals surface area contributed by atoms with Gasteiger partial charge in [-0.1, -0.05) is 18.2 Å². The number of piperidine rings is 1. The van der Waals surface area contributed by atoms with Gasteiger partial charge in [0.2, 0.25) is 10.0 Å². The Kier molecular flexibility index (Phi) is 5.11. The van der Waals surface area contributed by atoms with Gasteiger partial charge in [0.15, 0.2) is 0 Å². The minimum Gasteiger partial charge on any atom is -0.485 e. The van der Waals surface area contributed by atoms with Gasteiger partial charge < -0.3 is 4.74 Å². The molecule has 0 amide bonds. The maximum atomic E-state index is 12.4. The lowest BCUT2D eigenvalue weighted by atomic mass is 9.90. The van der Waals surface area contributed by atoms with E-state index < -0.39 is 15.6 Å². The highest BCUT2D eigenvalue weighted by Crippen LogP contribution is 2.36. The van der Waals surface area contributed by atoms with Gasteiger partial charge in [0.25, 0.3) is 0 Å². The molecule has 1 aromatic carbocycles. The predicted octanol–water partition coefficient (Wildman–Crippen LogP) is 1.97. The minimum absolute atomic E-state index is 0.362. The van der Waals surface area contributed by atoms with Crippen molar-refractivity contribution in [1.29, 1.82) is 0 Å². The Morgan fingerprint density at radius 2 is 1.82 bits per heavy atom. The molecule has 0 bridgehead atoms. The normalized spacial score (nSPS) is 20.4. The van der Waals surface area contributed by atoms with Gasteiger partial charge in [-0.05, 0) is 13.0 Å². The van der Waals surface area contributed by atoms with Crippen molar-refractivity contribution in [3.8, 4) is 5.75 Å². The van der Waals surface area contributed by atoms with Gasteiger partial charge in [-0.25, -0.2) is 18.4 Å². The Morgan fingerprint density at radius 1 is 1.14 bits per heavy atom. The molecule has 2 aromatic rings. The highest BCUT2D eigenvalue weighted by atomic mass is 32.2. The average Bonchev–Trinajstić information content (AvgIpc) is 2.82. The largest absolute Gasteiger partial charge is 0.485 e. The van der Waals surface area contributed by atoms with Crippen LogP contribution in [0.2, 0.25) is 0 Å². The molecule has 0 unspecified atom stereocenters. The number of hydrogen-bond acceptors (Lipinski definition) is 6. The number of ether oxygens (including phenoxy) is 1. The van der Waals surface area contributed by atoms with E-state index in [0.29, 0.717) is 13.1 Å². The van der Waals surface area contributed by atoms with Crippen molar-refractivity contribution in [2.24, 2.45) is 0 Å². The molecule has 0 radical (unpaired) electrons. The van der Waals surface area contributed by atoms with Crippen LogP contribution >= 0.6 is 0 Å². The summed E-state index contributed by atoms with van der Waals surface area (Å²) in [5, 5.41) is 0. The van der Waals surface area contributed by atoms with Crippen LogP contribution in [0.4, 0.5) is 0 Å². The molecule has 7 nitrogen and oxygen atoms in total. The molecule has 28 heavy (non-hydrogen) atoms. The fourth-order valence-electron chi connectivity index (χ4n) is 3.94. The van der Waals surface area contributed by atoms with Crippen LogP contribution in [0, 0.1) is 6.92 Å². The van der Waals surface area contributed by atoms with Crippen LogP contribution in [0.25, 0.3) is 0 Å². The van der Waals surface area contributed by atoms with E-state index in [0.717, 1.165) is 55.2 Å². The second-order valence-electron chi connectivity index (χ2n) is 7.84. The molecule has 2 aliphatic rings. The first kappa shape index (κ1) is 19.3. The number of para-hydroxylation sites is 1. The Bertz CT molecular complexity index is 938. The molecular weight excluding hydrogens is 376 g/mol. The molecule has 0 saturated carbocycles. The molecule has 2 aliphatic heterocycles. The van der Waals surface area contributed by atoms with Crippen LogP contribution in [-0.4, -0.2) is 59.1 Å². The second-order valence-corrected chi connectivity index (χ2v) is 9.82. The summed E-state index contributed by atoms with van der Waals surface area (Å²) in [5.41, 5.74) is 1.52. The number of aromatic nitrogens is 2. The number of rotatable bonds is 3. The number of hydrogen-bond donors (Lipinski definition) is 0. The third-order valence-corrected chi connectivity index (χ3v) is 6.78. The molecule has 1 fully saturated rings. The van der Waals surface area contributed by atoms with E-state index in [2.05, 4.69) is 14.9 Å². The van der Waals surface area contributed by atoms with Crippen molar-refractivity contribution in [3.63, 3.8) is 0 Å². The summed E-state index contributed by atoms with van der Waals surface area (Å²) < 4.78 is 32.7. The lowest BCUT2D eigenvalue weighted by Crippen LogP contribution is -2.53. The summed E-state index contributed by atoms with van der Waals surface area (Å²) in [5.74, 6) is 1.57. The number of nitrogens with zero attached hydrogens (tertiary/aromatic N) is 4. The van der Waals surface area contributed by atoms with Crippen LogP contribution in [0.1, 0.15) is 29.8 Å². The van der Waals surface area contributed by atoms with E-state index in [1.165, 1.54) is 6.26 Å². The molecular formula is C20H26N4O3S. The lowest BCUT2D eigenvalue weighted by molar-refractivity contribution is -0.00748. The molecule has 1 aromatic heterocycles. The molecule has 1 spiro atoms. The summed E-state index contributed by atoms with van der Waals surface area (Å²) in [6.07, 6.45) is 6.58. The second kappa shape index (κ2) is 7.42. The van der Waals surface area contributed by atoms with Crippen molar-refractivity contribution in [3.05, 3.63) is 53.6 Å². The Hall–Kier alpha value is -2.03. The number of benzene rings is 1. The van der Waals surface area contributed by atoms with E-state index in [1.807, 2.05) is 43.6 Å². The Labute approximate surface area is 166 Å². The van der Waals surface area contributed by atoms with Crippen LogP contribution in [0.5, 0.6) is 5.75 Å². The summed E-state index contributed by atoms with van der Waals surface area (Å²) >= 11 is 0. The fraction of sp³-hybridized carbons (Fsp3) is 0.500. The van der Waals surface area contributed by atoms with Gasteiger partial charge in [0.1, 0.15) is 17.2 Å². The third kappa shape index (κ3) is 4.19. The third-order valence-electron chi connectivity index (χ3n) is 5.59. The summed E-state index contributed by atoms with van der Waals surface area (Å²) in [4.78, 5) is 10.9. The molecule has 4 rings (SSSR count). The first-order valence-electron chi connectivity index (χ1n) is 9.55. The van der Waals surface area contributed by atoms with Crippen LogP contribution in [0.15, 0.2) is 36.7 Å². The highest BCUT2D eigenvalue weighted by Gasteiger charge is 2.42. The minimum atomic E-state index is -3.31. The van der Waals surface area contributed by atoms with Gasteiger partial charge in [-0.15, -0.1) is 0 Å². The maximum absolute atomic E-state index is 12.4. The standard InChI is InChI=1S/C20H26N4O3S/c1-16-21-11-17(12-22-16)13-23-9-7-20(8-10-23)15-24(28(2,25)26)14-18-5-3-4-6-19(18)27-20/h3-6,11-12H,7-10,13-15H2,1-2H3. The van der Waals surface area contributed by atoms with Gasteiger partial charge in [0.05, 0.1) is 12.8 Å². The van der Waals surface area contributed by atoms with Gasteiger partial charge in [0, 0.05) is 62.5 Å². The maximum Gasteiger partial charge on any atom is 0.211 e. The number of aryl methyl sites for hydroxylation is 1. The molecule has 0 atom stereocenters. The first-order valence-corrected chi connectivity index (χ1v) is 11.4. The molecule has 8 heteroatoms. The number of fused-ring (bicyclic) bond motifs is 1. The Morgan fingerprint density at radius 3 is 2.50 bits per heavy atom. The van der Waals surface area contributed by atoms with Crippen molar-refractivity contribution in [1.82, 2.24) is 19.2 Å². The smallest absolute Gasteiger partial charge is 0.211 e. The van der Waals surface area contributed by atoms with Gasteiger partial charge >= 0.3 is 0 Å². The van der Waals surface area contributed by atoms with E-state index >= 15 is 0 Å². The topological polar surface area (TPSA) is 75.6 Å². The van der Waals surface area contributed by atoms with Crippen LogP contribution < -0.4 is 4.74 Å². The van der Waals surface area contributed by atoms with Gasteiger partial charge in [-0.3, -0.25) is 4.90 Å². The summed E-state index contributed by atoms with van der Waals surface area (Å²) in [6.45, 7) is 5.11. The zero-order chi connectivity index (χ0) is 19.8. The quantitative estimate of drug-likeness (QED) is 0.781. The average molecular weight is 403 g/mol. The van der Waals surface area contributed by atoms with Crippen LogP contribution in [0.3, 0.4) is 0 Å². The fourth-order valence-corrected chi connectivity index (χ4v) is 4.78. The molecule has 0 aliphatic carbocycles. The molecule has 3 heterocycles. The monoisotopic (exact) mass is 402 g/mol.